The fourth-order valence-electron chi connectivity index (χ4n) is 1.07. The Hall–Kier alpha value is -1.63. The van der Waals surface area contributed by atoms with Crippen molar-refractivity contribution in [2.24, 2.45) is 0 Å². The summed E-state index contributed by atoms with van der Waals surface area (Å²) in [6.45, 7) is -0.00102. The fourth-order valence-corrected chi connectivity index (χ4v) is 1.42. The monoisotopic (exact) mass is 287 g/mol. The maximum absolute atomic E-state index is 11.0. The maximum atomic E-state index is 11.0. The van der Waals surface area contributed by atoms with Crippen LogP contribution in [0.3, 0.4) is 0 Å². The summed E-state index contributed by atoms with van der Waals surface area (Å²) in [4.78, 5) is 21.2. The third-order valence-corrected chi connectivity index (χ3v) is 2.37. The molecular weight excluding hydrogens is 278 g/mol. The second kappa shape index (κ2) is 5.45. The molecule has 0 aliphatic carbocycles. The maximum Gasteiger partial charge on any atom is 0.293 e. The van der Waals surface area contributed by atoms with E-state index < -0.39 is 4.92 Å². The van der Waals surface area contributed by atoms with Crippen LogP contribution in [-0.4, -0.2) is 24.4 Å². The highest BCUT2D eigenvalue weighted by Gasteiger charge is 2.14. The molecule has 0 heterocycles. The predicted molar refractivity (Wildman–Crippen MR) is 63.4 cm³/mol. The Balaban J connectivity index is 2.87. The molecule has 2 N–H and O–H groups in total. The van der Waals surface area contributed by atoms with Gasteiger partial charge >= 0.3 is 0 Å². The Morgan fingerprint density at radius 3 is 2.81 bits per heavy atom. The minimum absolute atomic E-state index is 0.00102. The van der Waals surface area contributed by atoms with Crippen LogP contribution in [0.2, 0.25) is 0 Å². The number of benzene rings is 1. The molecule has 7 heteroatoms. The van der Waals surface area contributed by atoms with Gasteiger partial charge in [0.1, 0.15) is 5.69 Å². The third-order valence-electron chi connectivity index (χ3n) is 1.87. The van der Waals surface area contributed by atoms with Crippen LogP contribution in [-0.2, 0) is 4.79 Å². The van der Waals surface area contributed by atoms with Gasteiger partial charge in [-0.1, -0.05) is 15.9 Å². The van der Waals surface area contributed by atoms with Crippen molar-refractivity contribution in [3.8, 4) is 0 Å². The zero-order chi connectivity index (χ0) is 12.1. The number of nitrogens with zero attached hydrogens (tertiary/aromatic N) is 1. The number of hydrogen-bond donors (Lipinski definition) is 2. The van der Waals surface area contributed by atoms with Crippen molar-refractivity contribution < 1.29 is 9.72 Å². The smallest absolute Gasteiger partial charge is 0.293 e. The number of hydrogen-bond acceptors (Lipinski definition) is 4. The minimum Gasteiger partial charge on any atom is -0.371 e. The lowest BCUT2D eigenvalue weighted by atomic mass is 10.2. The molecule has 0 spiro atoms. The van der Waals surface area contributed by atoms with Crippen LogP contribution in [0.25, 0.3) is 0 Å². The molecule has 0 bridgehead atoms. The van der Waals surface area contributed by atoms with Crippen molar-refractivity contribution in [2.75, 3.05) is 18.9 Å². The van der Waals surface area contributed by atoms with E-state index in [0.717, 1.165) is 0 Å². The molecule has 1 aromatic rings. The lowest BCUT2D eigenvalue weighted by Gasteiger charge is -2.06. The number of nitro benzene ring substituents is 1. The Bertz CT molecular complexity index is 422. The van der Waals surface area contributed by atoms with Crippen molar-refractivity contribution in [2.45, 2.75) is 0 Å². The van der Waals surface area contributed by atoms with Gasteiger partial charge in [0.25, 0.3) is 5.69 Å². The molecule has 1 aromatic carbocycles. The van der Waals surface area contributed by atoms with E-state index >= 15 is 0 Å². The molecular formula is C9H10BrN3O3. The summed E-state index contributed by atoms with van der Waals surface area (Å²) in [5.41, 5.74) is 0.245. The molecule has 6 nitrogen and oxygen atoms in total. The predicted octanol–water partition coefficient (Wildman–Crippen LogP) is 1.52. The Morgan fingerprint density at radius 1 is 1.56 bits per heavy atom. The van der Waals surface area contributed by atoms with Gasteiger partial charge in [0.2, 0.25) is 5.91 Å². The normalized spacial score (nSPS) is 9.62. The van der Waals surface area contributed by atoms with E-state index in [1.165, 1.54) is 13.1 Å². The molecule has 16 heavy (non-hydrogen) atoms. The van der Waals surface area contributed by atoms with Crippen LogP contribution in [0.4, 0.5) is 11.4 Å². The SMILES string of the molecule is CNC(=O)CNc1ccc(Br)cc1[N+](=O)[O-]. The average Bonchev–Trinajstić information content (AvgIpc) is 2.26. The van der Waals surface area contributed by atoms with Crippen LogP contribution in [0, 0.1) is 10.1 Å². The number of carbonyl (C=O) groups is 1. The molecule has 0 saturated heterocycles. The van der Waals surface area contributed by atoms with E-state index in [-0.39, 0.29) is 18.1 Å². The van der Waals surface area contributed by atoms with Crippen LogP contribution in [0.5, 0.6) is 0 Å². The van der Waals surface area contributed by atoms with Gasteiger partial charge in [0, 0.05) is 17.6 Å². The number of carbonyl (C=O) groups excluding carboxylic acids is 1. The molecule has 86 valence electrons. The van der Waals surface area contributed by atoms with Gasteiger partial charge in [-0.3, -0.25) is 14.9 Å². The van der Waals surface area contributed by atoms with Gasteiger partial charge < -0.3 is 10.6 Å². The summed E-state index contributed by atoms with van der Waals surface area (Å²) in [6.07, 6.45) is 0. The summed E-state index contributed by atoms with van der Waals surface area (Å²) in [6, 6.07) is 4.59. The highest BCUT2D eigenvalue weighted by Crippen LogP contribution is 2.27. The molecule has 1 amide bonds. The number of anilines is 1. The van der Waals surface area contributed by atoms with Crippen LogP contribution >= 0.6 is 15.9 Å². The zero-order valence-electron chi connectivity index (χ0n) is 8.49. The quantitative estimate of drug-likeness (QED) is 0.649. The van der Waals surface area contributed by atoms with Crippen molar-refractivity contribution in [3.63, 3.8) is 0 Å². The summed E-state index contributed by atoms with van der Waals surface area (Å²) in [5.74, 6) is -0.239. The van der Waals surface area contributed by atoms with E-state index in [1.807, 2.05) is 0 Å². The standard InChI is InChI=1S/C9H10BrN3O3/c1-11-9(14)5-12-7-3-2-6(10)4-8(7)13(15)16/h2-4,12H,5H2,1H3,(H,11,14). The topological polar surface area (TPSA) is 84.3 Å². The molecule has 0 aromatic heterocycles. The van der Waals surface area contributed by atoms with E-state index in [9.17, 15) is 14.9 Å². The van der Waals surface area contributed by atoms with Crippen LogP contribution in [0.1, 0.15) is 0 Å². The van der Waals surface area contributed by atoms with Crippen molar-refractivity contribution >= 4 is 33.2 Å². The van der Waals surface area contributed by atoms with E-state index in [2.05, 4.69) is 26.6 Å². The average molecular weight is 288 g/mol. The molecule has 0 fully saturated rings. The Morgan fingerprint density at radius 2 is 2.25 bits per heavy atom. The highest BCUT2D eigenvalue weighted by atomic mass is 79.9. The first-order valence-corrected chi connectivity index (χ1v) is 5.22. The Kier molecular flexibility index (Phi) is 4.24. The number of amides is 1. The van der Waals surface area contributed by atoms with E-state index in [4.69, 9.17) is 0 Å². The largest absolute Gasteiger partial charge is 0.371 e. The van der Waals surface area contributed by atoms with Crippen LogP contribution in [0.15, 0.2) is 22.7 Å². The van der Waals surface area contributed by atoms with Crippen molar-refractivity contribution in [3.05, 3.63) is 32.8 Å². The van der Waals surface area contributed by atoms with Gasteiger partial charge in [-0.2, -0.15) is 0 Å². The van der Waals surface area contributed by atoms with E-state index in [1.54, 1.807) is 12.1 Å². The van der Waals surface area contributed by atoms with Gasteiger partial charge in [0.05, 0.1) is 11.5 Å². The number of halogens is 1. The summed E-state index contributed by atoms with van der Waals surface area (Å²) < 4.78 is 0.615. The second-order valence-electron chi connectivity index (χ2n) is 2.95. The van der Waals surface area contributed by atoms with Gasteiger partial charge in [-0.05, 0) is 12.1 Å². The second-order valence-corrected chi connectivity index (χ2v) is 3.86. The molecule has 0 atom stereocenters. The highest BCUT2D eigenvalue weighted by molar-refractivity contribution is 9.10. The van der Waals surface area contributed by atoms with Crippen molar-refractivity contribution in [1.29, 1.82) is 0 Å². The molecule has 0 saturated carbocycles. The van der Waals surface area contributed by atoms with Gasteiger partial charge in [-0.15, -0.1) is 0 Å². The zero-order valence-corrected chi connectivity index (χ0v) is 10.1. The first kappa shape index (κ1) is 12.4. The fraction of sp³-hybridized carbons (Fsp3) is 0.222. The molecule has 0 unspecified atom stereocenters. The molecule has 0 radical (unpaired) electrons. The van der Waals surface area contributed by atoms with Gasteiger partial charge in [0.15, 0.2) is 0 Å². The molecule has 0 aliphatic rings. The number of rotatable bonds is 4. The third kappa shape index (κ3) is 3.20. The number of nitro groups is 1. The number of likely N-dealkylation sites (N-methyl/N-ethyl adjacent to an activating group) is 1. The van der Waals surface area contributed by atoms with Gasteiger partial charge in [-0.25, -0.2) is 0 Å². The van der Waals surface area contributed by atoms with Crippen LogP contribution < -0.4 is 10.6 Å². The lowest BCUT2D eigenvalue weighted by Crippen LogP contribution is -2.26. The molecule has 1 rings (SSSR count). The number of nitrogens with one attached hydrogen (secondary N) is 2. The first-order chi connectivity index (χ1) is 7.54. The first-order valence-electron chi connectivity index (χ1n) is 4.43. The van der Waals surface area contributed by atoms with Crippen molar-refractivity contribution in [1.82, 2.24) is 5.32 Å². The molecule has 0 aliphatic heterocycles. The summed E-state index contributed by atoms with van der Waals surface area (Å²) in [5, 5.41) is 15.8. The minimum atomic E-state index is -0.503. The lowest BCUT2D eigenvalue weighted by molar-refractivity contribution is -0.384. The summed E-state index contributed by atoms with van der Waals surface area (Å²) in [7, 11) is 1.50. The van der Waals surface area contributed by atoms with E-state index in [0.29, 0.717) is 10.2 Å². The summed E-state index contributed by atoms with van der Waals surface area (Å²) >= 11 is 3.15. The Labute approximate surface area is 100 Å².